The summed E-state index contributed by atoms with van der Waals surface area (Å²) in [4.78, 5) is 8.54. The highest BCUT2D eigenvalue weighted by Crippen LogP contribution is 2.30. The molecule has 1 aliphatic carbocycles. The van der Waals surface area contributed by atoms with Crippen LogP contribution in [0.1, 0.15) is 44.1 Å². The molecule has 4 nitrogen and oxygen atoms in total. The van der Waals surface area contributed by atoms with Crippen molar-refractivity contribution in [2.24, 2.45) is 5.92 Å². The summed E-state index contributed by atoms with van der Waals surface area (Å²) in [7, 11) is 0. The van der Waals surface area contributed by atoms with E-state index >= 15 is 0 Å². The Hall–Kier alpha value is -1.16. The molecule has 16 heavy (non-hydrogen) atoms. The standard InChI is InChI=1S/C12H18N2O2/c1-8(2)12-13-5-11(10(6-15)14-12)16-7-9-3-4-9/h5,8-9,15H,3-4,6-7H2,1-2H3. The maximum Gasteiger partial charge on any atom is 0.161 e. The summed E-state index contributed by atoms with van der Waals surface area (Å²) in [6.07, 6.45) is 4.18. The van der Waals surface area contributed by atoms with Gasteiger partial charge in [0.2, 0.25) is 0 Å². The van der Waals surface area contributed by atoms with Crippen molar-refractivity contribution in [3.8, 4) is 5.75 Å². The molecule has 0 amide bonds. The number of aromatic nitrogens is 2. The topological polar surface area (TPSA) is 55.2 Å². The van der Waals surface area contributed by atoms with E-state index in [0.717, 1.165) is 12.4 Å². The fraction of sp³-hybridized carbons (Fsp3) is 0.667. The molecule has 88 valence electrons. The van der Waals surface area contributed by atoms with Gasteiger partial charge in [-0.15, -0.1) is 0 Å². The highest BCUT2D eigenvalue weighted by molar-refractivity contribution is 5.24. The number of nitrogens with zero attached hydrogens (tertiary/aromatic N) is 2. The van der Waals surface area contributed by atoms with Gasteiger partial charge in [0.25, 0.3) is 0 Å². The molecule has 0 atom stereocenters. The van der Waals surface area contributed by atoms with E-state index in [1.807, 2.05) is 13.8 Å². The van der Waals surface area contributed by atoms with Crippen molar-refractivity contribution in [3.63, 3.8) is 0 Å². The summed E-state index contributed by atoms with van der Waals surface area (Å²) in [5.74, 6) is 2.33. The summed E-state index contributed by atoms with van der Waals surface area (Å²) in [6.45, 7) is 4.68. The van der Waals surface area contributed by atoms with Crippen LogP contribution in [-0.2, 0) is 6.61 Å². The molecule has 1 fully saturated rings. The van der Waals surface area contributed by atoms with Gasteiger partial charge in [0.15, 0.2) is 5.75 Å². The smallest absolute Gasteiger partial charge is 0.161 e. The minimum Gasteiger partial charge on any atom is -0.490 e. The van der Waals surface area contributed by atoms with Crippen molar-refractivity contribution in [1.29, 1.82) is 0 Å². The Labute approximate surface area is 95.7 Å². The van der Waals surface area contributed by atoms with E-state index in [2.05, 4.69) is 9.97 Å². The Kier molecular flexibility index (Phi) is 3.39. The van der Waals surface area contributed by atoms with Gasteiger partial charge < -0.3 is 9.84 Å². The third-order valence-corrected chi connectivity index (χ3v) is 2.69. The van der Waals surface area contributed by atoms with Crippen LogP contribution in [0, 0.1) is 5.92 Å². The zero-order valence-electron chi connectivity index (χ0n) is 9.81. The first-order valence-electron chi connectivity index (χ1n) is 5.80. The van der Waals surface area contributed by atoms with Crippen molar-refractivity contribution in [2.45, 2.75) is 39.2 Å². The minimum atomic E-state index is -0.0950. The maximum absolute atomic E-state index is 9.24. The van der Waals surface area contributed by atoms with Crippen LogP contribution in [0.15, 0.2) is 6.20 Å². The van der Waals surface area contributed by atoms with Crippen LogP contribution in [0.25, 0.3) is 0 Å². The number of hydrogen-bond donors (Lipinski definition) is 1. The fourth-order valence-corrected chi connectivity index (χ4v) is 1.43. The molecular formula is C12H18N2O2. The van der Waals surface area contributed by atoms with Crippen LogP contribution < -0.4 is 4.74 Å². The van der Waals surface area contributed by atoms with Gasteiger partial charge in [0, 0.05) is 5.92 Å². The normalized spacial score (nSPS) is 15.5. The molecule has 1 aliphatic rings. The van der Waals surface area contributed by atoms with Crippen molar-refractivity contribution in [2.75, 3.05) is 6.61 Å². The summed E-state index contributed by atoms with van der Waals surface area (Å²) in [6, 6.07) is 0. The van der Waals surface area contributed by atoms with E-state index in [1.165, 1.54) is 12.8 Å². The van der Waals surface area contributed by atoms with Crippen LogP contribution in [0.3, 0.4) is 0 Å². The summed E-state index contributed by atoms with van der Waals surface area (Å²) >= 11 is 0. The maximum atomic E-state index is 9.24. The average molecular weight is 222 g/mol. The molecule has 0 radical (unpaired) electrons. The predicted octanol–water partition coefficient (Wildman–Crippen LogP) is 1.88. The number of aliphatic hydroxyl groups is 1. The SMILES string of the molecule is CC(C)c1ncc(OCC2CC2)c(CO)n1. The summed E-state index contributed by atoms with van der Waals surface area (Å²) in [5, 5.41) is 9.24. The Morgan fingerprint density at radius 1 is 1.50 bits per heavy atom. The molecule has 1 N–H and O–H groups in total. The van der Waals surface area contributed by atoms with Crippen LogP contribution in [0.2, 0.25) is 0 Å². The van der Waals surface area contributed by atoms with Crippen LogP contribution >= 0.6 is 0 Å². The van der Waals surface area contributed by atoms with Gasteiger partial charge in [-0.25, -0.2) is 9.97 Å². The van der Waals surface area contributed by atoms with Gasteiger partial charge in [-0.3, -0.25) is 0 Å². The molecule has 1 aromatic rings. The molecule has 1 saturated carbocycles. The average Bonchev–Trinajstić information content (AvgIpc) is 3.09. The van der Waals surface area contributed by atoms with Crippen LogP contribution in [0.4, 0.5) is 0 Å². The third-order valence-electron chi connectivity index (χ3n) is 2.69. The molecule has 0 bridgehead atoms. The highest BCUT2D eigenvalue weighted by atomic mass is 16.5. The molecule has 1 aromatic heterocycles. The molecule has 0 spiro atoms. The number of aliphatic hydroxyl groups excluding tert-OH is 1. The van der Waals surface area contributed by atoms with Crippen LogP contribution in [-0.4, -0.2) is 21.7 Å². The van der Waals surface area contributed by atoms with Crippen LogP contribution in [0.5, 0.6) is 5.75 Å². The van der Waals surface area contributed by atoms with Gasteiger partial charge in [0.05, 0.1) is 19.4 Å². The largest absolute Gasteiger partial charge is 0.490 e. The fourth-order valence-electron chi connectivity index (χ4n) is 1.43. The Bertz CT molecular complexity index is 362. The molecule has 0 saturated heterocycles. The van der Waals surface area contributed by atoms with Crippen molar-refractivity contribution in [3.05, 3.63) is 17.7 Å². The monoisotopic (exact) mass is 222 g/mol. The van der Waals surface area contributed by atoms with E-state index in [0.29, 0.717) is 17.4 Å². The summed E-state index contributed by atoms with van der Waals surface area (Å²) < 4.78 is 5.60. The lowest BCUT2D eigenvalue weighted by molar-refractivity contribution is 0.250. The van der Waals surface area contributed by atoms with Gasteiger partial charge in [-0.1, -0.05) is 13.8 Å². The van der Waals surface area contributed by atoms with E-state index in [-0.39, 0.29) is 12.5 Å². The zero-order valence-corrected chi connectivity index (χ0v) is 9.81. The van der Waals surface area contributed by atoms with Crippen molar-refractivity contribution < 1.29 is 9.84 Å². The van der Waals surface area contributed by atoms with E-state index in [1.54, 1.807) is 6.20 Å². The Morgan fingerprint density at radius 3 is 2.81 bits per heavy atom. The molecule has 1 heterocycles. The highest BCUT2D eigenvalue weighted by Gasteiger charge is 2.22. The minimum absolute atomic E-state index is 0.0950. The van der Waals surface area contributed by atoms with E-state index in [4.69, 9.17) is 4.74 Å². The van der Waals surface area contributed by atoms with E-state index in [9.17, 15) is 5.11 Å². The third kappa shape index (κ3) is 2.70. The lowest BCUT2D eigenvalue weighted by Gasteiger charge is -2.11. The second-order valence-corrected chi connectivity index (χ2v) is 4.61. The molecule has 4 heteroatoms. The Morgan fingerprint density at radius 2 is 2.25 bits per heavy atom. The van der Waals surface area contributed by atoms with Gasteiger partial charge >= 0.3 is 0 Å². The first-order chi connectivity index (χ1) is 7.70. The summed E-state index contributed by atoms with van der Waals surface area (Å²) in [5.41, 5.74) is 0.597. The van der Waals surface area contributed by atoms with E-state index < -0.39 is 0 Å². The zero-order chi connectivity index (χ0) is 11.5. The predicted molar refractivity (Wildman–Crippen MR) is 60.3 cm³/mol. The van der Waals surface area contributed by atoms with Crippen molar-refractivity contribution >= 4 is 0 Å². The van der Waals surface area contributed by atoms with Gasteiger partial charge in [-0.2, -0.15) is 0 Å². The van der Waals surface area contributed by atoms with Gasteiger partial charge in [0.1, 0.15) is 11.5 Å². The molecule has 0 aliphatic heterocycles. The molecular weight excluding hydrogens is 204 g/mol. The van der Waals surface area contributed by atoms with Crippen molar-refractivity contribution in [1.82, 2.24) is 9.97 Å². The second kappa shape index (κ2) is 4.78. The number of hydrogen-bond acceptors (Lipinski definition) is 4. The lowest BCUT2D eigenvalue weighted by atomic mass is 10.2. The molecule has 0 unspecified atom stereocenters. The molecule has 2 rings (SSSR count). The first kappa shape index (κ1) is 11.3. The first-order valence-corrected chi connectivity index (χ1v) is 5.80. The number of rotatable bonds is 5. The van der Waals surface area contributed by atoms with Gasteiger partial charge in [-0.05, 0) is 18.8 Å². The second-order valence-electron chi connectivity index (χ2n) is 4.61. The molecule has 0 aromatic carbocycles. The Balaban J connectivity index is 2.09. The number of ether oxygens (including phenoxy) is 1. The quantitative estimate of drug-likeness (QED) is 0.826. The lowest BCUT2D eigenvalue weighted by Crippen LogP contribution is -2.07.